The maximum Gasteiger partial charge on any atom is 0.146 e. The predicted molar refractivity (Wildman–Crippen MR) is 68.8 cm³/mol. The van der Waals surface area contributed by atoms with Crippen LogP contribution in [0.15, 0.2) is 30.6 Å². The van der Waals surface area contributed by atoms with Crippen molar-refractivity contribution in [2.45, 2.75) is 12.6 Å². The number of aliphatic hydroxyl groups excluding tert-OH is 1. The van der Waals surface area contributed by atoms with Crippen LogP contribution in [0.3, 0.4) is 0 Å². The summed E-state index contributed by atoms with van der Waals surface area (Å²) >= 11 is 0. The van der Waals surface area contributed by atoms with E-state index in [1.165, 1.54) is 0 Å². The summed E-state index contributed by atoms with van der Waals surface area (Å²) in [5.74, 6) is 0.812. The third kappa shape index (κ3) is 3.37. The Bertz CT molecular complexity index is 569. The Morgan fingerprint density at radius 2 is 2.16 bits per heavy atom. The highest BCUT2D eigenvalue weighted by Crippen LogP contribution is 2.12. The number of nitrogens with zero attached hydrogens (tertiary/aromatic N) is 4. The minimum atomic E-state index is -0.610. The average Bonchev–Trinajstić information content (AvgIpc) is 2.84. The lowest BCUT2D eigenvalue weighted by molar-refractivity contribution is 0.174. The molecule has 1 unspecified atom stereocenters. The van der Waals surface area contributed by atoms with Gasteiger partial charge in [-0.05, 0) is 17.7 Å². The van der Waals surface area contributed by atoms with E-state index in [9.17, 15) is 5.11 Å². The first-order valence-corrected chi connectivity index (χ1v) is 5.92. The van der Waals surface area contributed by atoms with Crippen molar-refractivity contribution in [2.75, 3.05) is 6.54 Å². The molecule has 1 heterocycles. The molecule has 0 aliphatic heterocycles. The van der Waals surface area contributed by atoms with Gasteiger partial charge in [-0.2, -0.15) is 5.26 Å². The summed E-state index contributed by atoms with van der Waals surface area (Å²) in [6, 6.07) is 8.95. The second-order valence-corrected chi connectivity index (χ2v) is 4.24. The lowest BCUT2D eigenvalue weighted by atomic mass is 10.1. The molecule has 0 aliphatic carbocycles. The molecule has 0 saturated heterocycles. The van der Waals surface area contributed by atoms with Gasteiger partial charge in [-0.1, -0.05) is 12.1 Å². The fraction of sp³-hybridized carbons (Fsp3) is 0.308. The standard InChI is InChI=1S/C13H15N5O/c1-18-9-16-17-13(18)8-15-7-12(19)11-4-2-10(6-14)3-5-11/h2-5,9,12,15,19H,7-8H2,1H3. The minimum Gasteiger partial charge on any atom is -0.387 e. The normalized spacial score (nSPS) is 12.1. The first kappa shape index (κ1) is 13.2. The summed E-state index contributed by atoms with van der Waals surface area (Å²) in [5.41, 5.74) is 1.37. The number of nitriles is 1. The number of hydrogen-bond acceptors (Lipinski definition) is 5. The van der Waals surface area contributed by atoms with Crippen LogP contribution in [0.2, 0.25) is 0 Å². The zero-order valence-corrected chi connectivity index (χ0v) is 10.6. The molecule has 6 heteroatoms. The molecule has 0 bridgehead atoms. The number of aromatic nitrogens is 3. The zero-order valence-electron chi connectivity index (χ0n) is 10.6. The van der Waals surface area contributed by atoms with Crippen LogP contribution in [0.25, 0.3) is 0 Å². The molecule has 1 aromatic heterocycles. The van der Waals surface area contributed by atoms with E-state index in [1.807, 2.05) is 17.7 Å². The summed E-state index contributed by atoms with van der Waals surface area (Å²) in [7, 11) is 1.87. The Morgan fingerprint density at radius 3 is 2.74 bits per heavy atom. The zero-order chi connectivity index (χ0) is 13.7. The Balaban J connectivity index is 1.85. The van der Waals surface area contributed by atoms with E-state index >= 15 is 0 Å². The topological polar surface area (TPSA) is 86.8 Å². The van der Waals surface area contributed by atoms with Crippen LogP contribution in [-0.2, 0) is 13.6 Å². The van der Waals surface area contributed by atoms with Crippen LogP contribution >= 0.6 is 0 Å². The third-order valence-electron chi connectivity index (χ3n) is 2.85. The fourth-order valence-corrected chi connectivity index (χ4v) is 1.69. The van der Waals surface area contributed by atoms with Gasteiger partial charge < -0.3 is 15.0 Å². The number of aryl methyl sites for hydroxylation is 1. The van der Waals surface area contributed by atoms with Crippen LogP contribution in [-0.4, -0.2) is 26.4 Å². The Hall–Kier alpha value is -2.23. The second-order valence-electron chi connectivity index (χ2n) is 4.24. The number of aliphatic hydroxyl groups is 1. The fourth-order valence-electron chi connectivity index (χ4n) is 1.69. The molecule has 2 aromatic rings. The molecule has 98 valence electrons. The smallest absolute Gasteiger partial charge is 0.146 e. The minimum absolute atomic E-state index is 0.415. The molecule has 0 aliphatic rings. The lowest BCUT2D eigenvalue weighted by Gasteiger charge is -2.12. The van der Waals surface area contributed by atoms with Crippen LogP contribution < -0.4 is 5.32 Å². The number of hydrogen-bond donors (Lipinski definition) is 2. The van der Waals surface area contributed by atoms with E-state index in [1.54, 1.807) is 30.6 Å². The molecule has 2 rings (SSSR count). The first-order valence-electron chi connectivity index (χ1n) is 5.92. The molecule has 1 aromatic carbocycles. The van der Waals surface area contributed by atoms with Gasteiger partial charge in [0.15, 0.2) is 0 Å². The van der Waals surface area contributed by atoms with Gasteiger partial charge in [0.2, 0.25) is 0 Å². The van der Waals surface area contributed by atoms with E-state index in [0.717, 1.165) is 11.4 Å². The van der Waals surface area contributed by atoms with Crippen molar-refractivity contribution in [3.05, 3.63) is 47.5 Å². The number of nitrogens with one attached hydrogen (secondary N) is 1. The highest BCUT2D eigenvalue weighted by Gasteiger charge is 2.08. The van der Waals surface area contributed by atoms with Crippen molar-refractivity contribution in [3.63, 3.8) is 0 Å². The van der Waals surface area contributed by atoms with Gasteiger partial charge in [0.1, 0.15) is 12.2 Å². The molecule has 1 atom stereocenters. The van der Waals surface area contributed by atoms with Crippen LogP contribution in [0.4, 0.5) is 0 Å². The monoisotopic (exact) mass is 257 g/mol. The molecular weight excluding hydrogens is 242 g/mol. The van der Waals surface area contributed by atoms with Gasteiger partial charge in [0.05, 0.1) is 24.3 Å². The van der Waals surface area contributed by atoms with Crippen LogP contribution in [0, 0.1) is 11.3 Å². The van der Waals surface area contributed by atoms with Crippen LogP contribution in [0.1, 0.15) is 23.1 Å². The maximum absolute atomic E-state index is 9.99. The molecule has 6 nitrogen and oxygen atoms in total. The Kier molecular flexibility index (Phi) is 4.23. The quantitative estimate of drug-likeness (QED) is 0.815. The summed E-state index contributed by atoms with van der Waals surface area (Å²) < 4.78 is 1.82. The van der Waals surface area contributed by atoms with Gasteiger partial charge in [0.25, 0.3) is 0 Å². The summed E-state index contributed by atoms with van der Waals surface area (Å²) in [4.78, 5) is 0. The number of benzene rings is 1. The van der Waals surface area contributed by atoms with Crippen LogP contribution in [0.5, 0.6) is 0 Å². The molecule has 0 spiro atoms. The van der Waals surface area contributed by atoms with Gasteiger partial charge in [-0.3, -0.25) is 0 Å². The summed E-state index contributed by atoms with van der Waals surface area (Å²) in [5, 5.41) is 29.5. The number of rotatable bonds is 5. The van der Waals surface area contributed by atoms with Crippen molar-refractivity contribution in [2.24, 2.45) is 7.05 Å². The van der Waals surface area contributed by atoms with Gasteiger partial charge in [-0.25, -0.2) is 0 Å². The summed E-state index contributed by atoms with van der Waals surface area (Å²) in [6.45, 7) is 0.961. The van der Waals surface area contributed by atoms with Crippen molar-refractivity contribution < 1.29 is 5.11 Å². The van der Waals surface area contributed by atoms with E-state index in [-0.39, 0.29) is 0 Å². The molecule has 0 fully saturated rings. The Labute approximate surface area is 111 Å². The third-order valence-corrected chi connectivity index (χ3v) is 2.85. The molecule has 0 saturated carbocycles. The average molecular weight is 257 g/mol. The van der Waals surface area contributed by atoms with E-state index in [2.05, 4.69) is 15.5 Å². The molecule has 0 radical (unpaired) electrons. The first-order chi connectivity index (χ1) is 9.20. The van der Waals surface area contributed by atoms with Crippen molar-refractivity contribution in [1.82, 2.24) is 20.1 Å². The van der Waals surface area contributed by atoms with Gasteiger partial charge in [0, 0.05) is 13.6 Å². The predicted octanol–water partition coefficient (Wildman–Crippen LogP) is 0.510. The SMILES string of the molecule is Cn1cnnc1CNCC(O)c1ccc(C#N)cc1. The largest absolute Gasteiger partial charge is 0.387 e. The lowest BCUT2D eigenvalue weighted by Crippen LogP contribution is -2.22. The van der Waals surface area contributed by atoms with Gasteiger partial charge >= 0.3 is 0 Å². The van der Waals surface area contributed by atoms with E-state index in [0.29, 0.717) is 18.7 Å². The maximum atomic E-state index is 9.99. The van der Waals surface area contributed by atoms with Crippen molar-refractivity contribution >= 4 is 0 Å². The molecule has 2 N–H and O–H groups in total. The van der Waals surface area contributed by atoms with Gasteiger partial charge in [-0.15, -0.1) is 10.2 Å². The highest BCUT2D eigenvalue weighted by atomic mass is 16.3. The van der Waals surface area contributed by atoms with Crippen molar-refractivity contribution in [1.29, 1.82) is 5.26 Å². The molecule has 19 heavy (non-hydrogen) atoms. The summed E-state index contributed by atoms with van der Waals surface area (Å²) in [6.07, 6.45) is 1.02. The van der Waals surface area contributed by atoms with E-state index < -0.39 is 6.10 Å². The van der Waals surface area contributed by atoms with Crippen molar-refractivity contribution in [3.8, 4) is 6.07 Å². The molecular formula is C13H15N5O. The molecule has 0 amide bonds. The highest BCUT2D eigenvalue weighted by molar-refractivity contribution is 5.32. The van der Waals surface area contributed by atoms with E-state index in [4.69, 9.17) is 5.26 Å². The Morgan fingerprint density at radius 1 is 1.42 bits per heavy atom. The second kappa shape index (κ2) is 6.09.